The lowest BCUT2D eigenvalue weighted by Crippen LogP contribution is -2.24. The largest absolute Gasteiger partial charge is 0.416 e. The van der Waals surface area contributed by atoms with Gasteiger partial charge in [-0.3, -0.25) is 4.79 Å². The van der Waals surface area contributed by atoms with Gasteiger partial charge < -0.3 is 15.6 Å². The number of aromatic nitrogens is 3. The molecular weight excluding hydrogens is 452 g/mol. The Hall–Kier alpha value is -3.31. The number of aromatic amines is 1. The third-order valence-corrected chi connectivity index (χ3v) is 5.41. The molecule has 1 fully saturated rings. The predicted molar refractivity (Wildman–Crippen MR) is 110 cm³/mol. The Bertz CT molecular complexity index is 1180. The van der Waals surface area contributed by atoms with Crippen LogP contribution in [0.15, 0.2) is 35.3 Å². The number of hydrogen-bond acceptors (Lipinski definition) is 5. The number of fused-ring (bicyclic) bond motifs is 1. The molecule has 0 saturated heterocycles. The molecule has 1 saturated carbocycles. The summed E-state index contributed by atoms with van der Waals surface area (Å²) >= 11 is 0. The van der Waals surface area contributed by atoms with Crippen molar-refractivity contribution in [2.45, 2.75) is 50.5 Å². The fourth-order valence-electron chi connectivity index (χ4n) is 3.84. The van der Waals surface area contributed by atoms with Crippen LogP contribution in [0.4, 0.5) is 43.8 Å². The van der Waals surface area contributed by atoms with Crippen LogP contribution in [0.2, 0.25) is 0 Å². The quantitative estimate of drug-likeness (QED) is 0.416. The van der Waals surface area contributed by atoms with Crippen LogP contribution in [0.3, 0.4) is 0 Å². The number of nitrogens with zero attached hydrogens (tertiary/aromatic N) is 2. The van der Waals surface area contributed by atoms with Crippen molar-refractivity contribution < 1.29 is 26.3 Å². The average Bonchev–Trinajstić information content (AvgIpc) is 2.73. The van der Waals surface area contributed by atoms with E-state index in [0.29, 0.717) is 12.1 Å². The average molecular weight is 471 g/mol. The molecule has 2 heterocycles. The van der Waals surface area contributed by atoms with Gasteiger partial charge in [0.15, 0.2) is 0 Å². The minimum absolute atomic E-state index is 0.0339. The van der Waals surface area contributed by atoms with Crippen molar-refractivity contribution in [3.05, 3.63) is 51.9 Å². The van der Waals surface area contributed by atoms with Gasteiger partial charge in [-0.1, -0.05) is 19.3 Å². The number of anilines is 3. The Kier molecular flexibility index (Phi) is 5.93. The molecular formula is C21H19F6N5O. The highest BCUT2D eigenvalue weighted by atomic mass is 19.4. The first-order chi connectivity index (χ1) is 15.5. The van der Waals surface area contributed by atoms with Crippen molar-refractivity contribution in [3.63, 3.8) is 0 Å². The molecule has 4 rings (SSSR count). The van der Waals surface area contributed by atoms with Gasteiger partial charge in [0, 0.05) is 17.9 Å². The topological polar surface area (TPSA) is 82.7 Å². The van der Waals surface area contributed by atoms with Gasteiger partial charge in [0.25, 0.3) is 5.56 Å². The molecule has 12 heteroatoms. The number of benzene rings is 1. The zero-order valence-corrected chi connectivity index (χ0v) is 17.1. The molecule has 33 heavy (non-hydrogen) atoms. The van der Waals surface area contributed by atoms with Crippen LogP contribution in [0.25, 0.3) is 10.9 Å². The highest BCUT2D eigenvalue weighted by Gasteiger charge is 2.37. The Balaban J connectivity index is 1.79. The van der Waals surface area contributed by atoms with Gasteiger partial charge in [-0.15, -0.1) is 0 Å². The first-order valence-corrected chi connectivity index (χ1v) is 10.2. The van der Waals surface area contributed by atoms with E-state index in [1.54, 1.807) is 0 Å². The number of H-pyrrole nitrogens is 1. The molecule has 1 aliphatic rings. The van der Waals surface area contributed by atoms with Crippen LogP contribution in [0.1, 0.15) is 43.2 Å². The summed E-state index contributed by atoms with van der Waals surface area (Å²) in [5.41, 5.74) is -3.91. The van der Waals surface area contributed by atoms with E-state index in [-0.39, 0.29) is 34.8 Å². The van der Waals surface area contributed by atoms with Crippen LogP contribution in [-0.4, -0.2) is 21.0 Å². The number of nitrogens with one attached hydrogen (secondary N) is 3. The first kappa shape index (κ1) is 22.9. The molecule has 1 aliphatic carbocycles. The van der Waals surface area contributed by atoms with Crippen molar-refractivity contribution in [3.8, 4) is 0 Å². The summed E-state index contributed by atoms with van der Waals surface area (Å²) in [6.07, 6.45) is -3.77. The number of alkyl halides is 6. The van der Waals surface area contributed by atoms with Gasteiger partial charge in [0.2, 0.25) is 5.95 Å². The van der Waals surface area contributed by atoms with Gasteiger partial charge >= 0.3 is 12.4 Å². The molecule has 2 aromatic heterocycles. The molecule has 0 unspecified atom stereocenters. The van der Waals surface area contributed by atoms with Gasteiger partial charge in [-0.25, -0.2) is 4.98 Å². The zero-order valence-electron chi connectivity index (χ0n) is 17.1. The molecule has 0 radical (unpaired) electrons. The van der Waals surface area contributed by atoms with Crippen molar-refractivity contribution in [2.24, 2.45) is 0 Å². The van der Waals surface area contributed by atoms with Gasteiger partial charge in [-0.2, -0.15) is 31.3 Å². The highest BCUT2D eigenvalue weighted by Crippen LogP contribution is 2.38. The van der Waals surface area contributed by atoms with Gasteiger partial charge in [0.05, 0.1) is 16.6 Å². The Morgan fingerprint density at radius 2 is 1.55 bits per heavy atom. The predicted octanol–water partition coefficient (Wildman–Crippen LogP) is 5.84. The molecule has 0 atom stereocenters. The van der Waals surface area contributed by atoms with E-state index in [2.05, 4.69) is 25.6 Å². The van der Waals surface area contributed by atoms with Crippen LogP contribution in [0.5, 0.6) is 0 Å². The Morgan fingerprint density at radius 1 is 0.909 bits per heavy atom. The second-order valence-electron chi connectivity index (χ2n) is 7.86. The highest BCUT2D eigenvalue weighted by molar-refractivity contribution is 5.91. The maximum atomic E-state index is 13.2. The SMILES string of the molecule is O=c1[nH]ccc2nc(NC3CCCCC3)nc(Nc3cc(C(F)(F)F)cc(C(F)(F)F)c3)c12. The van der Waals surface area contributed by atoms with Crippen molar-refractivity contribution in [2.75, 3.05) is 10.6 Å². The van der Waals surface area contributed by atoms with Crippen molar-refractivity contribution >= 4 is 28.4 Å². The summed E-state index contributed by atoms with van der Waals surface area (Å²) in [7, 11) is 0. The zero-order chi connectivity index (χ0) is 23.8. The number of pyridine rings is 1. The molecule has 0 bridgehead atoms. The van der Waals surface area contributed by atoms with Crippen molar-refractivity contribution in [1.29, 1.82) is 0 Å². The van der Waals surface area contributed by atoms with E-state index in [1.807, 2.05) is 0 Å². The van der Waals surface area contributed by atoms with E-state index < -0.39 is 34.7 Å². The maximum absolute atomic E-state index is 13.2. The van der Waals surface area contributed by atoms with E-state index in [9.17, 15) is 31.1 Å². The first-order valence-electron chi connectivity index (χ1n) is 10.2. The van der Waals surface area contributed by atoms with Crippen LogP contribution in [0, 0.1) is 0 Å². The molecule has 1 aromatic carbocycles. The number of hydrogen-bond donors (Lipinski definition) is 3. The molecule has 0 spiro atoms. The van der Waals surface area contributed by atoms with Crippen LogP contribution < -0.4 is 16.2 Å². The number of halogens is 6. The van der Waals surface area contributed by atoms with E-state index >= 15 is 0 Å². The summed E-state index contributed by atoms with van der Waals surface area (Å²) in [6, 6.07) is 2.66. The summed E-state index contributed by atoms with van der Waals surface area (Å²) in [5.74, 6) is -0.0712. The molecule has 3 N–H and O–H groups in total. The molecule has 3 aromatic rings. The van der Waals surface area contributed by atoms with Gasteiger partial charge in [0.1, 0.15) is 11.2 Å². The molecule has 6 nitrogen and oxygen atoms in total. The second kappa shape index (κ2) is 8.56. The van der Waals surface area contributed by atoms with E-state index in [1.165, 1.54) is 12.3 Å². The number of rotatable bonds is 4. The summed E-state index contributed by atoms with van der Waals surface area (Å²) in [4.78, 5) is 23.3. The van der Waals surface area contributed by atoms with Crippen LogP contribution in [-0.2, 0) is 12.4 Å². The monoisotopic (exact) mass is 471 g/mol. The van der Waals surface area contributed by atoms with Gasteiger partial charge in [-0.05, 0) is 37.1 Å². The summed E-state index contributed by atoms with van der Waals surface area (Å²) in [6.45, 7) is 0. The summed E-state index contributed by atoms with van der Waals surface area (Å²) in [5, 5.41) is 5.55. The minimum Gasteiger partial charge on any atom is -0.351 e. The normalized spacial score (nSPS) is 15.6. The fourth-order valence-corrected chi connectivity index (χ4v) is 3.84. The minimum atomic E-state index is -5.00. The lowest BCUT2D eigenvalue weighted by molar-refractivity contribution is -0.143. The fraction of sp³-hybridized carbons (Fsp3) is 0.381. The second-order valence-corrected chi connectivity index (χ2v) is 7.86. The Labute approximate surface area is 183 Å². The molecule has 0 aliphatic heterocycles. The van der Waals surface area contributed by atoms with E-state index in [4.69, 9.17) is 0 Å². The summed E-state index contributed by atoms with van der Waals surface area (Å²) < 4.78 is 79.4. The molecule has 0 amide bonds. The van der Waals surface area contributed by atoms with E-state index in [0.717, 1.165) is 32.1 Å². The lowest BCUT2D eigenvalue weighted by Gasteiger charge is -2.23. The Morgan fingerprint density at radius 3 is 2.15 bits per heavy atom. The third kappa shape index (κ3) is 5.20. The van der Waals surface area contributed by atoms with Crippen LogP contribution >= 0.6 is 0 Å². The third-order valence-electron chi connectivity index (χ3n) is 5.41. The molecule has 176 valence electrons. The van der Waals surface area contributed by atoms with Crippen molar-refractivity contribution in [1.82, 2.24) is 15.0 Å². The smallest absolute Gasteiger partial charge is 0.351 e. The lowest BCUT2D eigenvalue weighted by atomic mass is 9.96. The standard InChI is InChI=1S/C21H19F6N5O/c22-20(23,24)11-8-12(21(25,26)27)10-14(9-11)29-17-16-15(6-7-28-18(16)33)31-19(32-17)30-13-4-2-1-3-5-13/h6-10,13H,1-5H2,(H,28,33)(H2,29,30,31,32). The maximum Gasteiger partial charge on any atom is 0.416 e.